The summed E-state index contributed by atoms with van der Waals surface area (Å²) in [5.74, 6) is 1.87. The zero-order valence-electron chi connectivity index (χ0n) is 19.2. The van der Waals surface area contributed by atoms with E-state index in [9.17, 15) is 0 Å². The molecular weight excluding hydrogens is 400 g/mol. The highest BCUT2D eigenvalue weighted by atomic mass is 32.1. The molecule has 0 atom stereocenters. The van der Waals surface area contributed by atoms with E-state index in [1.54, 1.807) is 0 Å². The van der Waals surface area contributed by atoms with E-state index in [4.69, 9.17) is 4.99 Å². The SMILES string of the molecule is CCCCCCCCCCc1cc2c(s1)-n1c(C)nnc1CN=C2c1ccc(C)cc1. The second kappa shape index (κ2) is 10.4. The van der Waals surface area contributed by atoms with Crippen molar-refractivity contribution in [3.8, 4) is 5.00 Å². The Morgan fingerprint density at radius 3 is 2.35 bits per heavy atom. The van der Waals surface area contributed by atoms with E-state index in [1.165, 1.54) is 77.9 Å². The molecule has 4 rings (SSSR count). The number of fused-ring (bicyclic) bond motifs is 3. The highest BCUT2D eigenvalue weighted by Gasteiger charge is 2.24. The molecule has 31 heavy (non-hydrogen) atoms. The summed E-state index contributed by atoms with van der Waals surface area (Å²) in [6.07, 6.45) is 12.0. The van der Waals surface area contributed by atoms with Crippen LogP contribution < -0.4 is 0 Å². The van der Waals surface area contributed by atoms with E-state index in [-0.39, 0.29) is 0 Å². The quantitative estimate of drug-likeness (QED) is 0.323. The molecule has 2 aromatic heterocycles. The van der Waals surface area contributed by atoms with Crippen molar-refractivity contribution in [2.24, 2.45) is 4.99 Å². The number of hydrogen-bond acceptors (Lipinski definition) is 4. The first-order valence-corrected chi connectivity index (χ1v) is 12.6. The van der Waals surface area contributed by atoms with Crippen LogP contribution in [0, 0.1) is 13.8 Å². The van der Waals surface area contributed by atoms with Crippen LogP contribution in [0.5, 0.6) is 0 Å². The summed E-state index contributed by atoms with van der Waals surface area (Å²) in [5, 5.41) is 9.95. The molecule has 0 bridgehead atoms. The Labute approximate surface area is 190 Å². The molecule has 0 aliphatic carbocycles. The Morgan fingerprint density at radius 1 is 0.903 bits per heavy atom. The fraction of sp³-hybridized carbons (Fsp3) is 0.500. The molecule has 164 valence electrons. The van der Waals surface area contributed by atoms with Gasteiger partial charge in [0.15, 0.2) is 5.82 Å². The van der Waals surface area contributed by atoms with Gasteiger partial charge < -0.3 is 0 Å². The van der Waals surface area contributed by atoms with Crippen molar-refractivity contribution in [1.29, 1.82) is 0 Å². The molecule has 3 aromatic rings. The average molecular weight is 435 g/mol. The van der Waals surface area contributed by atoms with Gasteiger partial charge in [-0.15, -0.1) is 21.5 Å². The van der Waals surface area contributed by atoms with Crippen molar-refractivity contribution in [1.82, 2.24) is 14.8 Å². The van der Waals surface area contributed by atoms with E-state index >= 15 is 0 Å². The number of aromatic nitrogens is 3. The summed E-state index contributed by atoms with van der Waals surface area (Å²) < 4.78 is 2.21. The maximum Gasteiger partial charge on any atom is 0.160 e. The summed E-state index contributed by atoms with van der Waals surface area (Å²) in [7, 11) is 0. The van der Waals surface area contributed by atoms with Crippen molar-refractivity contribution >= 4 is 17.0 Å². The van der Waals surface area contributed by atoms with Gasteiger partial charge in [-0.2, -0.15) is 0 Å². The van der Waals surface area contributed by atoms with Crippen LogP contribution in [0.15, 0.2) is 35.3 Å². The molecule has 1 aromatic carbocycles. The highest BCUT2D eigenvalue weighted by Crippen LogP contribution is 2.34. The summed E-state index contributed by atoms with van der Waals surface area (Å²) in [5.41, 5.74) is 4.76. The lowest BCUT2D eigenvalue weighted by Crippen LogP contribution is -2.05. The van der Waals surface area contributed by atoms with E-state index in [0.29, 0.717) is 6.54 Å². The van der Waals surface area contributed by atoms with Gasteiger partial charge in [0.25, 0.3) is 0 Å². The Hall–Kier alpha value is -2.27. The number of nitrogens with zero attached hydrogens (tertiary/aromatic N) is 4. The van der Waals surface area contributed by atoms with Gasteiger partial charge in [0.2, 0.25) is 0 Å². The van der Waals surface area contributed by atoms with Crippen LogP contribution in [0.4, 0.5) is 0 Å². The maximum atomic E-state index is 4.98. The number of thiophene rings is 1. The molecule has 0 saturated heterocycles. The molecule has 3 heterocycles. The number of benzene rings is 1. The zero-order chi connectivity index (χ0) is 21.6. The predicted molar refractivity (Wildman–Crippen MR) is 131 cm³/mol. The molecule has 4 nitrogen and oxygen atoms in total. The molecule has 1 aliphatic heterocycles. The Balaban J connectivity index is 1.51. The van der Waals surface area contributed by atoms with Gasteiger partial charge in [0.05, 0.1) is 5.71 Å². The second-order valence-electron chi connectivity index (χ2n) is 8.69. The topological polar surface area (TPSA) is 43.1 Å². The standard InChI is InChI=1S/C26H34N4S/c1-4-5-6-7-8-9-10-11-12-22-17-23-25(21-15-13-19(2)14-16-21)27-18-24-29-28-20(3)30(24)26(23)31-22/h13-17H,4-12,18H2,1-3H3. The molecule has 0 spiro atoms. The molecule has 0 amide bonds. The van der Waals surface area contributed by atoms with Crippen molar-refractivity contribution in [2.75, 3.05) is 0 Å². The van der Waals surface area contributed by atoms with Crippen molar-refractivity contribution in [3.05, 3.63) is 63.5 Å². The number of aryl methyl sites for hydroxylation is 3. The third kappa shape index (κ3) is 5.15. The van der Waals surface area contributed by atoms with Crippen LogP contribution in [-0.4, -0.2) is 20.5 Å². The number of unbranched alkanes of at least 4 members (excludes halogenated alkanes) is 7. The lowest BCUT2D eigenvalue weighted by molar-refractivity contribution is 0.576. The Bertz CT molecular complexity index is 1030. The second-order valence-corrected chi connectivity index (χ2v) is 9.80. The molecule has 0 radical (unpaired) electrons. The fourth-order valence-corrected chi connectivity index (χ4v) is 5.56. The lowest BCUT2D eigenvalue weighted by atomic mass is 10.0. The summed E-state index contributed by atoms with van der Waals surface area (Å²) in [6.45, 7) is 7.01. The van der Waals surface area contributed by atoms with Gasteiger partial charge in [0, 0.05) is 16.0 Å². The van der Waals surface area contributed by atoms with Gasteiger partial charge in [0.1, 0.15) is 17.4 Å². The third-order valence-electron chi connectivity index (χ3n) is 6.09. The van der Waals surface area contributed by atoms with Crippen molar-refractivity contribution in [3.63, 3.8) is 0 Å². The first kappa shape index (κ1) is 21.9. The maximum absolute atomic E-state index is 4.98. The van der Waals surface area contributed by atoms with E-state index < -0.39 is 0 Å². The highest BCUT2D eigenvalue weighted by molar-refractivity contribution is 7.15. The minimum Gasteiger partial charge on any atom is -0.276 e. The van der Waals surface area contributed by atoms with Crippen molar-refractivity contribution < 1.29 is 0 Å². The summed E-state index contributed by atoms with van der Waals surface area (Å²) >= 11 is 1.89. The van der Waals surface area contributed by atoms with Gasteiger partial charge >= 0.3 is 0 Å². The number of aliphatic imine (C=N–C) groups is 1. The zero-order valence-corrected chi connectivity index (χ0v) is 20.0. The van der Waals surface area contributed by atoms with E-state index in [0.717, 1.165) is 23.8 Å². The molecule has 0 unspecified atom stereocenters. The van der Waals surface area contributed by atoms with Gasteiger partial charge in [-0.05, 0) is 32.8 Å². The van der Waals surface area contributed by atoms with Crippen LogP contribution in [0.25, 0.3) is 5.00 Å². The summed E-state index contributed by atoms with van der Waals surface area (Å²) in [6, 6.07) is 11.1. The van der Waals surface area contributed by atoms with Crippen LogP contribution in [0.2, 0.25) is 0 Å². The largest absolute Gasteiger partial charge is 0.276 e. The van der Waals surface area contributed by atoms with Gasteiger partial charge in [-0.1, -0.05) is 81.7 Å². The van der Waals surface area contributed by atoms with Crippen LogP contribution in [0.1, 0.15) is 91.5 Å². The molecule has 0 fully saturated rings. The van der Waals surface area contributed by atoms with Crippen LogP contribution >= 0.6 is 11.3 Å². The van der Waals surface area contributed by atoms with Crippen LogP contribution in [-0.2, 0) is 13.0 Å². The smallest absolute Gasteiger partial charge is 0.160 e. The minimum atomic E-state index is 0.568. The van der Waals surface area contributed by atoms with Gasteiger partial charge in [-0.25, -0.2) is 0 Å². The predicted octanol–water partition coefficient (Wildman–Crippen LogP) is 6.98. The summed E-state index contributed by atoms with van der Waals surface area (Å²) in [4.78, 5) is 6.42. The molecule has 5 heteroatoms. The minimum absolute atomic E-state index is 0.568. The Morgan fingerprint density at radius 2 is 1.61 bits per heavy atom. The number of rotatable bonds is 10. The number of hydrogen-bond donors (Lipinski definition) is 0. The lowest BCUT2D eigenvalue weighted by Gasteiger charge is -2.07. The third-order valence-corrected chi connectivity index (χ3v) is 7.27. The van der Waals surface area contributed by atoms with Gasteiger partial charge in [-0.3, -0.25) is 9.56 Å². The fourth-order valence-electron chi connectivity index (χ4n) is 4.29. The molecule has 0 N–H and O–H groups in total. The first-order valence-electron chi connectivity index (χ1n) is 11.8. The molecule has 1 aliphatic rings. The molecular formula is C26H34N4S. The normalized spacial score (nSPS) is 12.9. The van der Waals surface area contributed by atoms with Crippen molar-refractivity contribution in [2.45, 2.75) is 85.1 Å². The molecule has 0 saturated carbocycles. The first-order chi connectivity index (χ1) is 15.2. The van der Waals surface area contributed by atoms with Crippen LogP contribution in [0.3, 0.4) is 0 Å². The Kier molecular flexibility index (Phi) is 7.33. The monoisotopic (exact) mass is 434 g/mol. The van der Waals surface area contributed by atoms with E-state index in [1.807, 2.05) is 18.3 Å². The average Bonchev–Trinajstić information content (AvgIpc) is 3.30. The van der Waals surface area contributed by atoms with E-state index in [2.05, 4.69) is 58.9 Å².